The zero-order valence-electron chi connectivity index (χ0n) is 16.5. The minimum Gasteiger partial charge on any atom is -0.268 e. The van der Waals surface area contributed by atoms with Crippen molar-refractivity contribution < 1.29 is 4.79 Å². The Morgan fingerprint density at radius 1 is 0.844 bits per heavy atom. The van der Waals surface area contributed by atoms with E-state index in [-0.39, 0.29) is 11.3 Å². The van der Waals surface area contributed by atoms with Crippen molar-refractivity contribution in [1.29, 1.82) is 0 Å². The lowest BCUT2D eigenvalue weighted by atomic mass is 10.2. The Kier molecular flexibility index (Phi) is 6.28. The lowest BCUT2D eigenvalue weighted by Crippen LogP contribution is -2.27. The predicted octanol–water partition coefficient (Wildman–Crippen LogP) is 7.55. The predicted molar refractivity (Wildman–Crippen MR) is 139 cm³/mol. The number of amides is 1. The molecule has 1 unspecified atom stereocenters. The van der Waals surface area contributed by atoms with Crippen molar-refractivity contribution in [3.8, 4) is 10.6 Å². The third-order valence-corrected chi connectivity index (χ3v) is 8.15. The molecule has 0 aliphatic carbocycles. The molecule has 0 spiro atoms. The van der Waals surface area contributed by atoms with Crippen molar-refractivity contribution in [3.63, 3.8) is 0 Å². The van der Waals surface area contributed by atoms with Gasteiger partial charge in [0, 0.05) is 14.5 Å². The zero-order chi connectivity index (χ0) is 22.1. The van der Waals surface area contributed by atoms with Gasteiger partial charge in [-0.1, -0.05) is 110 Å². The van der Waals surface area contributed by atoms with Crippen molar-refractivity contribution >= 4 is 72.1 Å². The number of anilines is 1. The Bertz CT molecular complexity index is 1290. The highest BCUT2D eigenvalue weighted by Gasteiger charge is 2.40. The molecule has 4 nitrogen and oxygen atoms in total. The summed E-state index contributed by atoms with van der Waals surface area (Å²) in [6, 6.07) is 25.9. The van der Waals surface area contributed by atoms with Crippen molar-refractivity contribution in [3.05, 3.63) is 104 Å². The molecule has 1 atom stereocenters. The van der Waals surface area contributed by atoms with Crippen LogP contribution in [0.4, 0.5) is 5.13 Å². The van der Waals surface area contributed by atoms with Crippen LogP contribution in [-0.4, -0.2) is 16.1 Å². The van der Waals surface area contributed by atoms with E-state index >= 15 is 0 Å². The minimum atomic E-state index is -0.214. The van der Waals surface area contributed by atoms with E-state index in [1.807, 2.05) is 84.9 Å². The van der Waals surface area contributed by atoms with Gasteiger partial charge in [0.1, 0.15) is 10.4 Å². The summed E-state index contributed by atoms with van der Waals surface area (Å²) in [6.07, 6.45) is 1.93. The molecular formula is C24H15Br2N3OS2. The average Bonchev–Trinajstić information content (AvgIpc) is 3.41. The molecule has 0 radical (unpaired) electrons. The standard InChI is InChI=1S/C24H15Br2N3OS2/c25-18-10-6-15(7-11-18)14-20-22(30)29(23(31-20)17-8-12-19(26)13-9-17)24-28-27-21(32-24)16-4-2-1-3-5-16/h1-14,23H/b20-14-. The van der Waals surface area contributed by atoms with Gasteiger partial charge < -0.3 is 0 Å². The number of rotatable bonds is 4. The fraction of sp³-hybridized carbons (Fsp3) is 0.0417. The Hall–Kier alpha value is -2.26. The molecule has 1 aliphatic rings. The zero-order valence-corrected chi connectivity index (χ0v) is 21.3. The van der Waals surface area contributed by atoms with Gasteiger partial charge in [0.15, 0.2) is 0 Å². The molecule has 0 N–H and O–H groups in total. The minimum absolute atomic E-state index is 0.0680. The first-order valence-electron chi connectivity index (χ1n) is 9.70. The number of thioether (sulfide) groups is 1. The van der Waals surface area contributed by atoms with Crippen LogP contribution in [0.5, 0.6) is 0 Å². The Morgan fingerprint density at radius 2 is 1.50 bits per heavy atom. The molecule has 1 fully saturated rings. The van der Waals surface area contributed by atoms with Crippen LogP contribution in [0.3, 0.4) is 0 Å². The molecule has 3 aromatic carbocycles. The molecule has 1 saturated heterocycles. The van der Waals surface area contributed by atoms with Gasteiger partial charge >= 0.3 is 0 Å². The van der Waals surface area contributed by atoms with Gasteiger partial charge in [-0.05, 0) is 41.5 Å². The third-order valence-electron chi connectivity index (χ3n) is 4.87. The number of aromatic nitrogens is 2. The molecule has 1 aromatic heterocycles. The summed E-state index contributed by atoms with van der Waals surface area (Å²) >= 11 is 9.91. The molecule has 32 heavy (non-hydrogen) atoms. The van der Waals surface area contributed by atoms with Crippen LogP contribution in [0.2, 0.25) is 0 Å². The van der Waals surface area contributed by atoms with Crippen molar-refractivity contribution in [1.82, 2.24) is 10.2 Å². The van der Waals surface area contributed by atoms with Gasteiger partial charge in [0.2, 0.25) is 5.13 Å². The number of hydrogen-bond donors (Lipinski definition) is 0. The second-order valence-corrected chi connectivity index (χ2v) is 10.9. The van der Waals surface area contributed by atoms with Crippen LogP contribution in [0.25, 0.3) is 16.6 Å². The first-order chi connectivity index (χ1) is 15.6. The highest BCUT2D eigenvalue weighted by Crippen LogP contribution is 2.49. The average molecular weight is 585 g/mol. The topological polar surface area (TPSA) is 46.1 Å². The molecule has 5 rings (SSSR count). The second-order valence-electron chi connectivity index (χ2n) is 7.01. The van der Waals surface area contributed by atoms with E-state index in [2.05, 4.69) is 42.1 Å². The van der Waals surface area contributed by atoms with Crippen molar-refractivity contribution in [2.24, 2.45) is 0 Å². The smallest absolute Gasteiger partial charge is 0.267 e. The van der Waals surface area contributed by atoms with Crippen molar-refractivity contribution in [2.45, 2.75) is 5.37 Å². The van der Waals surface area contributed by atoms with Gasteiger partial charge in [-0.25, -0.2) is 0 Å². The Balaban J connectivity index is 1.54. The highest BCUT2D eigenvalue weighted by atomic mass is 79.9. The Labute approximate surface area is 210 Å². The summed E-state index contributed by atoms with van der Waals surface area (Å²) < 4.78 is 2.00. The molecule has 0 saturated carbocycles. The number of carbonyl (C=O) groups is 1. The number of nitrogens with zero attached hydrogens (tertiary/aromatic N) is 3. The first kappa shape index (κ1) is 21.6. The molecule has 1 amide bonds. The maximum absolute atomic E-state index is 13.5. The lowest BCUT2D eigenvalue weighted by Gasteiger charge is -2.20. The summed E-state index contributed by atoms with van der Waals surface area (Å²) in [6.45, 7) is 0. The quantitative estimate of drug-likeness (QED) is 0.232. The normalized spacial score (nSPS) is 17.3. The monoisotopic (exact) mass is 583 g/mol. The van der Waals surface area contributed by atoms with Crippen LogP contribution in [0.1, 0.15) is 16.5 Å². The number of hydrogen-bond acceptors (Lipinski definition) is 5. The van der Waals surface area contributed by atoms with Crippen LogP contribution >= 0.6 is 55.0 Å². The van der Waals surface area contributed by atoms with Crippen LogP contribution in [0.15, 0.2) is 92.7 Å². The number of halogens is 2. The fourth-order valence-corrected chi connectivity index (χ4v) is 6.01. The molecule has 158 valence electrons. The summed E-state index contributed by atoms with van der Waals surface area (Å²) in [5.41, 5.74) is 2.99. The summed E-state index contributed by atoms with van der Waals surface area (Å²) in [5, 5.41) is 9.92. The SMILES string of the molecule is O=C1/C(=C/c2ccc(Br)cc2)SC(c2ccc(Br)cc2)N1c1nnc(-c2ccccc2)s1. The third kappa shape index (κ3) is 4.45. The van der Waals surface area contributed by atoms with Crippen LogP contribution < -0.4 is 4.90 Å². The van der Waals surface area contributed by atoms with E-state index in [0.717, 1.165) is 30.6 Å². The largest absolute Gasteiger partial charge is 0.268 e. The van der Waals surface area contributed by atoms with E-state index in [1.165, 1.54) is 23.1 Å². The molecular weight excluding hydrogens is 570 g/mol. The van der Waals surface area contributed by atoms with Gasteiger partial charge in [0.05, 0.1) is 4.91 Å². The lowest BCUT2D eigenvalue weighted by molar-refractivity contribution is -0.114. The van der Waals surface area contributed by atoms with E-state index in [0.29, 0.717) is 10.0 Å². The maximum atomic E-state index is 13.5. The van der Waals surface area contributed by atoms with Gasteiger partial charge in [-0.2, -0.15) is 0 Å². The van der Waals surface area contributed by atoms with Crippen LogP contribution in [-0.2, 0) is 4.79 Å². The summed E-state index contributed by atoms with van der Waals surface area (Å²) in [4.78, 5) is 16.0. The molecule has 8 heteroatoms. The van der Waals surface area contributed by atoms with Gasteiger partial charge in [0.25, 0.3) is 5.91 Å². The van der Waals surface area contributed by atoms with Crippen LogP contribution in [0, 0.1) is 0 Å². The number of carbonyl (C=O) groups excluding carboxylic acids is 1. The number of benzene rings is 3. The molecule has 0 bridgehead atoms. The first-order valence-corrected chi connectivity index (χ1v) is 13.0. The van der Waals surface area contributed by atoms with E-state index in [9.17, 15) is 4.79 Å². The fourth-order valence-electron chi connectivity index (χ4n) is 3.30. The van der Waals surface area contributed by atoms with E-state index in [4.69, 9.17) is 0 Å². The van der Waals surface area contributed by atoms with Gasteiger partial charge in [-0.15, -0.1) is 10.2 Å². The van der Waals surface area contributed by atoms with Gasteiger partial charge in [-0.3, -0.25) is 9.69 Å². The summed E-state index contributed by atoms with van der Waals surface area (Å²) in [5.74, 6) is -0.0680. The van der Waals surface area contributed by atoms with E-state index < -0.39 is 0 Å². The second kappa shape index (κ2) is 9.31. The maximum Gasteiger partial charge on any atom is 0.267 e. The molecule has 1 aliphatic heterocycles. The van der Waals surface area contributed by atoms with E-state index in [1.54, 1.807) is 4.90 Å². The van der Waals surface area contributed by atoms with Crippen molar-refractivity contribution in [2.75, 3.05) is 4.90 Å². The molecule has 4 aromatic rings. The Morgan fingerprint density at radius 3 is 2.19 bits per heavy atom. The molecule has 2 heterocycles. The highest BCUT2D eigenvalue weighted by molar-refractivity contribution is 9.10. The summed E-state index contributed by atoms with van der Waals surface area (Å²) in [7, 11) is 0.